The standard InChI is InChI=1S/C24H33N3O3/c1-16(2)23(28)30-15-29-22(21-13-17(3)26-27(21)8)20(14-25-7)18-9-11-19(12-10-18)24(4,5)6/h9-14,16H,15H2,1-8H3/b22-20-,25-14?. The van der Waals surface area contributed by atoms with E-state index in [0.717, 1.165) is 22.5 Å². The molecule has 1 aromatic heterocycles. The van der Waals surface area contributed by atoms with E-state index in [4.69, 9.17) is 9.47 Å². The molecule has 0 bridgehead atoms. The first-order valence-electron chi connectivity index (χ1n) is 10.1. The molecule has 0 radical (unpaired) electrons. The molecule has 0 atom stereocenters. The van der Waals surface area contributed by atoms with Crippen LogP contribution in [0.4, 0.5) is 0 Å². The third-order valence-corrected chi connectivity index (χ3v) is 4.68. The Kier molecular flexibility index (Phi) is 7.59. The van der Waals surface area contributed by atoms with E-state index in [1.165, 1.54) is 5.56 Å². The van der Waals surface area contributed by atoms with Crippen molar-refractivity contribution in [3.05, 3.63) is 52.8 Å². The van der Waals surface area contributed by atoms with Gasteiger partial charge in [-0.3, -0.25) is 14.5 Å². The van der Waals surface area contributed by atoms with Crippen LogP contribution in [0.1, 0.15) is 57.1 Å². The van der Waals surface area contributed by atoms with Crippen LogP contribution >= 0.6 is 0 Å². The highest BCUT2D eigenvalue weighted by Crippen LogP contribution is 2.29. The number of hydrogen-bond acceptors (Lipinski definition) is 5. The fraction of sp³-hybridized carbons (Fsp3) is 0.458. The zero-order chi connectivity index (χ0) is 22.5. The Hall–Kier alpha value is -2.89. The molecule has 2 rings (SSSR count). The number of nitrogens with zero attached hydrogens (tertiary/aromatic N) is 3. The van der Waals surface area contributed by atoms with Crippen LogP contribution in [-0.4, -0.2) is 35.8 Å². The average Bonchev–Trinajstić information content (AvgIpc) is 3.01. The lowest BCUT2D eigenvalue weighted by Gasteiger charge is -2.20. The van der Waals surface area contributed by atoms with E-state index < -0.39 is 0 Å². The molecule has 162 valence electrons. The third kappa shape index (κ3) is 5.81. The highest BCUT2D eigenvalue weighted by atomic mass is 16.7. The Labute approximate surface area is 179 Å². The lowest BCUT2D eigenvalue weighted by atomic mass is 9.86. The maximum absolute atomic E-state index is 11.9. The second-order valence-corrected chi connectivity index (χ2v) is 8.63. The Morgan fingerprint density at radius 3 is 2.30 bits per heavy atom. The molecule has 0 fully saturated rings. The molecule has 0 saturated heterocycles. The fourth-order valence-electron chi connectivity index (χ4n) is 2.97. The number of hydrogen-bond donors (Lipinski definition) is 0. The quantitative estimate of drug-likeness (QED) is 0.285. The first kappa shape index (κ1) is 23.4. The summed E-state index contributed by atoms with van der Waals surface area (Å²) in [6, 6.07) is 10.3. The molecule has 6 nitrogen and oxygen atoms in total. The fourth-order valence-corrected chi connectivity index (χ4v) is 2.97. The predicted octanol–water partition coefficient (Wildman–Crippen LogP) is 4.77. The van der Waals surface area contributed by atoms with E-state index in [9.17, 15) is 4.79 Å². The first-order valence-corrected chi connectivity index (χ1v) is 10.1. The van der Waals surface area contributed by atoms with Crippen molar-refractivity contribution >= 4 is 23.5 Å². The Morgan fingerprint density at radius 2 is 1.83 bits per heavy atom. The van der Waals surface area contributed by atoms with Gasteiger partial charge in [0.25, 0.3) is 0 Å². The largest absolute Gasteiger partial charge is 0.454 e. The number of allylic oxidation sites excluding steroid dienone is 1. The molecule has 0 N–H and O–H groups in total. The summed E-state index contributed by atoms with van der Waals surface area (Å²) >= 11 is 0. The molecule has 0 aliphatic heterocycles. The molecular formula is C24H33N3O3. The summed E-state index contributed by atoms with van der Waals surface area (Å²) in [6.45, 7) is 11.9. The van der Waals surface area contributed by atoms with Gasteiger partial charge in [0.15, 0.2) is 5.76 Å². The van der Waals surface area contributed by atoms with Crippen LogP contribution < -0.4 is 0 Å². The maximum atomic E-state index is 11.9. The van der Waals surface area contributed by atoms with Crippen molar-refractivity contribution in [2.24, 2.45) is 18.0 Å². The summed E-state index contributed by atoms with van der Waals surface area (Å²) < 4.78 is 13.0. The van der Waals surface area contributed by atoms with E-state index in [0.29, 0.717) is 5.76 Å². The van der Waals surface area contributed by atoms with Gasteiger partial charge in [0.05, 0.1) is 11.6 Å². The molecule has 0 unspecified atom stereocenters. The van der Waals surface area contributed by atoms with Gasteiger partial charge in [0, 0.05) is 25.9 Å². The monoisotopic (exact) mass is 411 g/mol. The van der Waals surface area contributed by atoms with E-state index in [1.807, 2.05) is 20.0 Å². The van der Waals surface area contributed by atoms with Gasteiger partial charge < -0.3 is 9.47 Å². The van der Waals surface area contributed by atoms with Crippen molar-refractivity contribution in [1.29, 1.82) is 0 Å². The van der Waals surface area contributed by atoms with Gasteiger partial charge in [0.1, 0.15) is 5.69 Å². The van der Waals surface area contributed by atoms with Crippen molar-refractivity contribution < 1.29 is 14.3 Å². The number of esters is 1. The van der Waals surface area contributed by atoms with Crippen LogP contribution in [0.5, 0.6) is 0 Å². The molecule has 0 saturated carbocycles. The van der Waals surface area contributed by atoms with Crippen molar-refractivity contribution in [3.8, 4) is 0 Å². The number of aliphatic imine (C=N–C) groups is 1. The number of carbonyl (C=O) groups excluding carboxylic acids is 1. The maximum Gasteiger partial charge on any atom is 0.311 e. The first-order chi connectivity index (χ1) is 14.0. The minimum Gasteiger partial charge on any atom is -0.454 e. The Morgan fingerprint density at radius 1 is 1.20 bits per heavy atom. The summed E-state index contributed by atoms with van der Waals surface area (Å²) in [7, 11) is 3.57. The lowest BCUT2D eigenvalue weighted by Crippen LogP contribution is -2.15. The summed E-state index contributed by atoms with van der Waals surface area (Å²) in [4.78, 5) is 16.1. The summed E-state index contributed by atoms with van der Waals surface area (Å²) in [5.74, 6) is 0.0288. The van der Waals surface area contributed by atoms with Crippen molar-refractivity contribution in [1.82, 2.24) is 9.78 Å². The summed E-state index contributed by atoms with van der Waals surface area (Å²) in [5.41, 5.74) is 4.69. The topological polar surface area (TPSA) is 65.7 Å². The SMILES string of the molecule is CN=C/C(=C(/OCOC(=O)C(C)C)c1cc(C)nn1C)c1ccc(C(C)(C)C)cc1. The minimum absolute atomic E-state index is 0.0603. The molecule has 1 heterocycles. The predicted molar refractivity (Wildman–Crippen MR) is 121 cm³/mol. The van der Waals surface area contributed by atoms with Crippen LogP contribution in [0.2, 0.25) is 0 Å². The molecular weight excluding hydrogens is 378 g/mol. The Balaban J connectivity index is 2.53. The third-order valence-electron chi connectivity index (χ3n) is 4.68. The van der Waals surface area contributed by atoms with Gasteiger partial charge in [-0.05, 0) is 29.5 Å². The van der Waals surface area contributed by atoms with Crippen molar-refractivity contribution in [2.45, 2.75) is 47.0 Å². The number of rotatable bonds is 7. The molecule has 6 heteroatoms. The molecule has 1 aromatic carbocycles. The lowest BCUT2D eigenvalue weighted by molar-refractivity contribution is -0.155. The van der Waals surface area contributed by atoms with Crippen molar-refractivity contribution in [2.75, 3.05) is 13.8 Å². The average molecular weight is 412 g/mol. The second-order valence-electron chi connectivity index (χ2n) is 8.63. The van der Waals surface area contributed by atoms with E-state index in [-0.39, 0.29) is 24.1 Å². The number of benzene rings is 1. The number of ether oxygens (including phenoxy) is 2. The number of carbonyl (C=O) groups is 1. The summed E-state index contributed by atoms with van der Waals surface area (Å²) in [5, 5.41) is 4.44. The molecule has 30 heavy (non-hydrogen) atoms. The van der Waals surface area contributed by atoms with Gasteiger partial charge in [-0.25, -0.2) is 0 Å². The zero-order valence-corrected chi connectivity index (χ0v) is 19.3. The molecule has 0 aliphatic carbocycles. The molecule has 0 amide bonds. The number of aromatic nitrogens is 2. The summed E-state index contributed by atoms with van der Waals surface area (Å²) in [6.07, 6.45) is 1.76. The van der Waals surface area contributed by atoms with Crippen LogP contribution in [0.3, 0.4) is 0 Å². The van der Waals surface area contributed by atoms with Gasteiger partial charge in [-0.1, -0.05) is 58.9 Å². The van der Waals surface area contributed by atoms with Crippen LogP contribution in [0.15, 0.2) is 35.3 Å². The molecule has 2 aromatic rings. The minimum atomic E-state index is -0.309. The van der Waals surface area contributed by atoms with Crippen molar-refractivity contribution in [3.63, 3.8) is 0 Å². The smallest absolute Gasteiger partial charge is 0.311 e. The number of aryl methyl sites for hydroxylation is 2. The second kappa shape index (κ2) is 9.74. The van der Waals surface area contributed by atoms with E-state index in [1.54, 1.807) is 31.8 Å². The highest BCUT2D eigenvalue weighted by Gasteiger charge is 2.19. The van der Waals surface area contributed by atoms with Gasteiger partial charge in [-0.2, -0.15) is 5.10 Å². The normalized spacial score (nSPS) is 13.0. The van der Waals surface area contributed by atoms with Crippen LogP contribution in [-0.2, 0) is 26.7 Å². The van der Waals surface area contributed by atoms with E-state index in [2.05, 4.69) is 55.1 Å². The van der Waals surface area contributed by atoms with Gasteiger partial charge in [0.2, 0.25) is 6.79 Å². The zero-order valence-electron chi connectivity index (χ0n) is 19.3. The Bertz CT molecular complexity index is 930. The van der Waals surface area contributed by atoms with Gasteiger partial charge >= 0.3 is 5.97 Å². The molecule has 0 aliphatic rings. The van der Waals surface area contributed by atoms with Crippen LogP contribution in [0.25, 0.3) is 11.3 Å². The highest BCUT2D eigenvalue weighted by molar-refractivity contribution is 6.18. The van der Waals surface area contributed by atoms with E-state index >= 15 is 0 Å². The van der Waals surface area contributed by atoms with Gasteiger partial charge in [-0.15, -0.1) is 0 Å². The molecule has 0 spiro atoms. The van der Waals surface area contributed by atoms with Crippen LogP contribution in [0, 0.1) is 12.8 Å².